The van der Waals surface area contributed by atoms with Gasteiger partial charge < -0.3 is 19.3 Å². The summed E-state index contributed by atoms with van der Waals surface area (Å²) in [6, 6.07) is 19.0. The van der Waals surface area contributed by atoms with Crippen molar-refractivity contribution in [3.8, 4) is 0 Å². The number of amides is 6. The molecule has 25 heteroatoms. The third-order valence-electron chi connectivity index (χ3n) is 7.14. The minimum Gasteiger partial charge on any atom is -0.479 e. The number of alkyl halides is 1. The Morgan fingerprint density at radius 2 is 0.797 bits per heavy atom. The Balaban J connectivity index is 0. The average molecular weight is 1010 g/mol. The molecule has 3 aliphatic heterocycles. The smallest absolute Gasteiger partial charge is 0.334 e. The summed E-state index contributed by atoms with van der Waals surface area (Å²) in [6.45, 7) is 4.60. The first-order chi connectivity index (χ1) is 29.1. The molecule has 0 atom stereocenters. The summed E-state index contributed by atoms with van der Waals surface area (Å²) in [5.74, 6) is -1.77. The fourth-order valence-corrected chi connectivity index (χ4v) is 4.82. The van der Waals surface area contributed by atoms with Crippen LogP contribution < -0.4 is 5.90 Å². The van der Waals surface area contributed by atoms with Crippen LogP contribution in [0.4, 0.5) is 0 Å². The summed E-state index contributed by atoms with van der Waals surface area (Å²) >= 11 is 2.94. The van der Waals surface area contributed by atoms with Gasteiger partial charge in [-0.1, -0.05) is 59.8 Å². The summed E-state index contributed by atoms with van der Waals surface area (Å²) in [6.07, 6.45) is 0. The standard InChI is InChI=1S/2C12H11NO5.C8H5NO3.C4H7BrO2.C2H5NO3.CH4.2ClH/c2*1-2-17-10(14)7-18-13-11(15)8-5-3-4-6-9(8)12(13)16;10-7-5-3-1-2-4-6(5)8(11)9(7)12;1-2-7-4(6)3-5;3-6-1-2(4)5;;;/h2*3-6H,2,7H2,1H3;1-4,12H;2-3H2,1H3;1,3H2,(H,4,5);1H4;2*1H. The number of ether oxygens (including phenoxy) is 3. The van der Waals surface area contributed by atoms with E-state index in [2.05, 4.69) is 40.9 Å². The summed E-state index contributed by atoms with van der Waals surface area (Å²) < 4.78 is 13.8. The van der Waals surface area contributed by atoms with Crippen molar-refractivity contribution in [2.45, 2.75) is 28.2 Å². The summed E-state index contributed by atoms with van der Waals surface area (Å²) in [7, 11) is 0. The van der Waals surface area contributed by atoms with E-state index in [-0.39, 0.29) is 89.9 Å². The van der Waals surface area contributed by atoms with Crippen molar-refractivity contribution in [3.05, 3.63) is 106 Å². The minimum atomic E-state index is -1.06. The molecule has 0 saturated heterocycles. The fraction of sp³-hybridized carbons (Fsp3) is 0.282. The number of carbonyl (C=O) groups is 10. The zero-order valence-corrected chi connectivity index (χ0v) is 36.6. The number of benzene rings is 3. The van der Waals surface area contributed by atoms with Gasteiger partial charge in [-0.25, -0.2) is 20.3 Å². The lowest BCUT2D eigenvalue weighted by molar-refractivity contribution is -0.161. The number of hydroxylamine groups is 6. The van der Waals surface area contributed by atoms with Crippen molar-refractivity contribution in [3.63, 3.8) is 0 Å². The largest absolute Gasteiger partial charge is 0.479 e. The number of rotatable bonds is 12. The van der Waals surface area contributed by atoms with Gasteiger partial charge in [0.15, 0.2) is 19.8 Å². The van der Waals surface area contributed by atoms with Crippen molar-refractivity contribution in [1.82, 2.24) is 15.2 Å². The average Bonchev–Trinajstić information content (AvgIpc) is 3.74. The van der Waals surface area contributed by atoms with E-state index in [0.29, 0.717) is 22.1 Å². The number of carbonyl (C=O) groups excluding carboxylic acids is 9. The van der Waals surface area contributed by atoms with E-state index in [0.717, 1.165) is 0 Å². The molecular formula is C39H45BrCl2N4O18. The van der Waals surface area contributed by atoms with Gasteiger partial charge in [-0.15, -0.1) is 40.0 Å². The molecule has 350 valence electrons. The summed E-state index contributed by atoms with van der Waals surface area (Å²) in [5.41, 5.74) is 1.59. The molecule has 3 aromatic rings. The molecule has 6 rings (SSSR count). The molecule has 0 bridgehead atoms. The van der Waals surface area contributed by atoms with Crippen molar-refractivity contribution in [2.75, 3.05) is 45.0 Å². The van der Waals surface area contributed by atoms with E-state index in [1.54, 1.807) is 57.2 Å². The number of carboxylic acids is 1. The van der Waals surface area contributed by atoms with Crippen LogP contribution in [-0.4, -0.2) is 130 Å². The molecule has 6 amide bonds. The van der Waals surface area contributed by atoms with Crippen LogP contribution in [0.3, 0.4) is 0 Å². The van der Waals surface area contributed by atoms with Crippen LogP contribution >= 0.6 is 40.7 Å². The van der Waals surface area contributed by atoms with E-state index in [1.807, 2.05) is 0 Å². The van der Waals surface area contributed by atoms with E-state index in [4.69, 9.17) is 20.0 Å². The molecular weight excluding hydrogens is 963 g/mol. The van der Waals surface area contributed by atoms with Gasteiger partial charge in [0.2, 0.25) is 0 Å². The van der Waals surface area contributed by atoms with Crippen LogP contribution in [-0.2, 0) is 47.9 Å². The van der Waals surface area contributed by atoms with Crippen molar-refractivity contribution in [1.29, 1.82) is 0 Å². The first-order valence-corrected chi connectivity index (χ1v) is 18.7. The van der Waals surface area contributed by atoms with Gasteiger partial charge in [0.1, 0.15) is 5.33 Å². The number of hydrogen-bond acceptors (Lipinski definition) is 18. The number of nitrogens with two attached hydrogens (primary N) is 1. The van der Waals surface area contributed by atoms with E-state index >= 15 is 0 Å². The number of carboxylic acid groups (broad SMARTS) is 1. The Kier molecular flexibility index (Phi) is 28.8. The van der Waals surface area contributed by atoms with Gasteiger partial charge in [-0.2, -0.15) is 0 Å². The van der Waals surface area contributed by atoms with Crippen LogP contribution in [0.15, 0.2) is 72.8 Å². The van der Waals surface area contributed by atoms with Crippen molar-refractivity contribution in [2.24, 2.45) is 5.90 Å². The zero-order chi connectivity index (χ0) is 45.6. The molecule has 0 aromatic heterocycles. The van der Waals surface area contributed by atoms with Crippen molar-refractivity contribution < 1.29 is 87.0 Å². The normalized spacial score (nSPS) is 12.2. The quantitative estimate of drug-likeness (QED) is 0.0583. The molecule has 0 fully saturated rings. The highest BCUT2D eigenvalue weighted by molar-refractivity contribution is 9.09. The summed E-state index contributed by atoms with van der Waals surface area (Å²) in [5, 5.41) is 18.2. The van der Waals surface area contributed by atoms with Crippen LogP contribution in [0.5, 0.6) is 0 Å². The molecule has 0 saturated carbocycles. The predicted molar refractivity (Wildman–Crippen MR) is 227 cm³/mol. The third kappa shape index (κ3) is 17.2. The van der Waals surface area contributed by atoms with E-state index in [1.165, 1.54) is 36.4 Å². The molecule has 0 aliphatic carbocycles. The Labute approximate surface area is 386 Å². The Hall–Kier alpha value is -6.18. The van der Waals surface area contributed by atoms with E-state index < -0.39 is 73.2 Å². The topological polar surface area (TPSA) is 302 Å². The maximum atomic E-state index is 11.8. The number of imide groups is 3. The number of hydrogen-bond donors (Lipinski definition) is 3. The van der Waals surface area contributed by atoms with Gasteiger partial charge in [0, 0.05) is 0 Å². The lowest BCUT2D eigenvalue weighted by Crippen LogP contribution is -2.32. The third-order valence-corrected chi connectivity index (χ3v) is 7.60. The minimum absolute atomic E-state index is 0. The first kappa shape index (κ1) is 59.9. The Bertz CT molecular complexity index is 1930. The Morgan fingerprint density at radius 3 is 1.00 bits per heavy atom. The monoisotopic (exact) mass is 1010 g/mol. The van der Waals surface area contributed by atoms with Gasteiger partial charge in [0.25, 0.3) is 35.4 Å². The number of aliphatic carboxylic acids is 1. The highest BCUT2D eigenvalue weighted by Gasteiger charge is 2.38. The molecule has 4 N–H and O–H groups in total. The zero-order valence-electron chi connectivity index (χ0n) is 33.4. The number of fused-ring (bicyclic) bond motifs is 3. The molecule has 22 nitrogen and oxygen atoms in total. The molecule has 0 spiro atoms. The van der Waals surface area contributed by atoms with Gasteiger partial charge >= 0.3 is 23.9 Å². The lowest BCUT2D eigenvalue weighted by Gasteiger charge is -2.12. The fourth-order valence-electron chi connectivity index (χ4n) is 4.66. The molecule has 64 heavy (non-hydrogen) atoms. The van der Waals surface area contributed by atoms with Crippen molar-refractivity contribution >= 4 is 100 Å². The number of nitrogens with zero attached hydrogens (tertiary/aromatic N) is 3. The van der Waals surface area contributed by atoms with Crippen LogP contribution in [0, 0.1) is 0 Å². The lowest BCUT2D eigenvalue weighted by atomic mass is 10.1. The highest BCUT2D eigenvalue weighted by Crippen LogP contribution is 2.24. The van der Waals surface area contributed by atoms with Crippen LogP contribution in [0.25, 0.3) is 0 Å². The van der Waals surface area contributed by atoms with E-state index in [9.17, 15) is 47.9 Å². The van der Waals surface area contributed by atoms with Gasteiger partial charge in [-0.05, 0) is 57.2 Å². The molecule has 0 radical (unpaired) electrons. The highest BCUT2D eigenvalue weighted by atomic mass is 79.9. The SMILES string of the molecule is C.CCOC(=O)CBr.CCOC(=O)CON1C(=O)c2ccccc2C1=O.CCOC(=O)CON1C(=O)c2ccccc2C1=O.Cl.Cl.NOCC(=O)O.O=C1c2ccccc2C(=O)N1O. The predicted octanol–water partition coefficient (Wildman–Crippen LogP) is 3.61. The second kappa shape index (κ2) is 30.8. The van der Waals surface area contributed by atoms with Gasteiger partial charge in [0.05, 0.1) is 53.2 Å². The summed E-state index contributed by atoms with van der Waals surface area (Å²) in [4.78, 5) is 125. The number of halogens is 3. The molecule has 3 heterocycles. The molecule has 3 aromatic carbocycles. The second-order valence-corrected chi connectivity index (χ2v) is 11.7. The second-order valence-electron chi connectivity index (χ2n) is 11.2. The van der Waals surface area contributed by atoms with Crippen LogP contribution in [0.2, 0.25) is 0 Å². The maximum Gasteiger partial charge on any atom is 0.334 e. The Morgan fingerprint density at radius 1 is 0.531 bits per heavy atom. The first-order valence-electron chi connectivity index (χ1n) is 17.5. The maximum absolute atomic E-state index is 11.8. The van der Waals surface area contributed by atoms with Crippen LogP contribution in [0.1, 0.15) is 90.3 Å². The molecule has 0 unspecified atom stereocenters. The number of esters is 3. The molecule has 3 aliphatic rings. The van der Waals surface area contributed by atoms with Gasteiger partial charge in [-0.3, -0.25) is 53.3 Å².